The smallest absolute Gasteiger partial charge is 0.331 e. The summed E-state index contributed by atoms with van der Waals surface area (Å²) >= 11 is 0. The van der Waals surface area contributed by atoms with Crippen LogP contribution in [-0.4, -0.2) is 32.7 Å². The van der Waals surface area contributed by atoms with Crippen molar-refractivity contribution in [2.24, 2.45) is 0 Å². The normalized spacial score (nSPS) is 16.4. The number of carbonyl (C=O) groups is 1. The van der Waals surface area contributed by atoms with Crippen molar-refractivity contribution in [2.45, 2.75) is 69.5 Å². The third kappa shape index (κ3) is 4.23. The van der Waals surface area contributed by atoms with Gasteiger partial charge in [-0.15, -0.1) is 0 Å². The number of hydrogen-bond donors (Lipinski definition) is 2. The van der Waals surface area contributed by atoms with Crippen LogP contribution in [0, 0.1) is 0 Å². The summed E-state index contributed by atoms with van der Waals surface area (Å²) in [5.74, 6) is 0. The van der Waals surface area contributed by atoms with Gasteiger partial charge in [-0.25, -0.2) is 9.00 Å². The highest BCUT2D eigenvalue weighted by atomic mass is 32.2. The van der Waals surface area contributed by atoms with Gasteiger partial charge in [0.1, 0.15) is 0 Å². The summed E-state index contributed by atoms with van der Waals surface area (Å²) in [5, 5.41) is 7.63. The van der Waals surface area contributed by atoms with Gasteiger partial charge in [-0.3, -0.25) is 9.40 Å². The largest absolute Gasteiger partial charge is 0.377 e. The van der Waals surface area contributed by atoms with Crippen molar-refractivity contribution >= 4 is 22.7 Å². The molecule has 1 aromatic carbocycles. The van der Waals surface area contributed by atoms with E-state index in [2.05, 4.69) is 21.2 Å². The summed E-state index contributed by atoms with van der Waals surface area (Å²) in [7, 11) is -0.0836. The van der Waals surface area contributed by atoms with Gasteiger partial charge in [0.25, 0.3) is 0 Å². The molecule has 29 heavy (non-hydrogen) atoms. The van der Waals surface area contributed by atoms with Crippen LogP contribution in [0.2, 0.25) is 0 Å². The standard InChI is InChI=1S/C21H28N4O3S/c1-21(2,28-3)13-25-11-10-18(23-25)29(27)24-20(26)22-19-16-8-4-6-14(16)12-15-7-5-9-17(15)19/h10-12H,4-9,13H2,1-3H3,(H2,22,24,26). The minimum atomic E-state index is -1.73. The third-order valence-corrected chi connectivity index (χ3v) is 6.77. The molecule has 2 aliphatic rings. The lowest BCUT2D eigenvalue weighted by Gasteiger charge is -2.22. The zero-order chi connectivity index (χ0) is 20.6. The van der Waals surface area contributed by atoms with E-state index in [1.165, 1.54) is 22.3 Å². The fourth-order valence-corrected chi connectivity index (χ4v) is 4.91. The molecule has 1 atom stereocenters. The maximum Gasteiger partial charge on any atom is 0.331 e. The lowest BCUT2D eigenvalue weighted by atomic mass is 9.99. The maximum atomic E-state index is 12.6. The topological polar surface area (TPSA) is 85.2 Å². The summed E-state index contributed by atoms with van der Waals surface area (Å²) in [6.07, 6.45) is 8.10. The SMILES string of the molecule is COC(C)(C)Cn1ccc(S(=O)NC(=O)Nc2c3c(cc4c2CCC4)CCC3)n1. The van der Waals surface area contributed by atoms with Crippen LogP contribution in [0.3, 0.4) is 0 Å². The van der Waals surface area contributed by atoms with Crippen LogP contribution in [0.4, 0.5) is 10.5 Å². The number of aryl methyl sites for hydroxylation is 2. The van der Waals surface area contributed by atoms with E-state index in [0.717, 1.165) is 44.2 Å². The number of ether oxygens (including phenoxy) is 1. The van der Waals surface area contributed by atoms with Gasteiger partial charge in [-0.2, -0.15) is 5.10 Å². The van der Waals surface area contributed by atoms with E-state index in [9.17, 15) is 9.00 Å². The number of anilines is 1. The molecule has 1 aromatic heterocycles. The van der Waals surface area contributed by atoms with Crippen LogP contribution in [0.1, 0.15) is 48.9 Å². The van der Waals surface area contributed by atoms with Gasteiger partial charge in [0, 0.05) is 19.0 Å². The average molecular weight is 417 g/mol. The van der Waals surface area contributed by atoms with Gasteiger partial charge in [0.15, 0.2) is 16.0 Å². The van der Waals surface area contributed by atoms with Gasteiger partial charge in [0.05, 0.1) is 12.1 Å². The second-order valence-electron chi connectivity index (χ2n) is 8.37. The highest BCUT2D eigenvalue weighted by Gasteiger charge is 2.25. The number of fused-ring (bicyclic) bond motifs is 2. The van der Waals surface area contributed by atoms with Crippen molar-refractivity contribution in [1.82, 2.24) is 14.5 Å². The molecule has 0 bridgehead atoms. The van der Waals surface area contributed by atoms with E-state index in [-0.39, 0.29) is 5.60 Å². The van der Waals surface area contributed by atoms with E-state index in [4.69, 9.17) is 4.74 Å². The highest BCUT2D eigenvalue weighted by molar-refractivity contribution is 7.83. The fourth-order valence-electron chi connectivity index (χ4n) is 4.23. The molecular weight excluding hydrogens is 388 g/mol. The van der Waals surface area contributed by atoms with Crippen LogP contribution >= 0.6 is 0 Å². The molecule has 2 aromatic rings. The van der Waals surface area contributed by atoms with Gasteiger partial charge >= 0.3 is 6.03 Å². The van der Waals surface area contributed by atoms with E-state index >= 15 is 0 Å². The number of carbonyl (C=O) groups excluding carboxylic acids is 1. The van der Waals surface area contributed by atoms with Crippen molar-refractivity contribution in [2.75, 3.05) is 12.4 Å². The quantitative estimate of drug-likeness (QED) is 0.758. The summed E-state index contributed by atoms with van der Waals surface area (Å²) in [5.41, 5.74) is 5.75. The fraction of sp³-hybridized carbons (Fsp3) is 0.524. The van der Waals surface area contributed by atoms with Gasteiger partial charge in [-0.1, -0.05) is 6.07 Å². The predicted molar refractivity (Wildman–Crippen MR) is 112 cm³/mol. The number of methoxy groups -OCH3 is 1. The Balaban J connectivity index is 1.45. The first kappa shape index (κ1) is 20.1. The first-order valence-electron chi connectivity index (χ1n) is 10.1. The average Bonchev–Trinajstić information content (AvgIpc) is 3.41. The first-order chi connectivity index (χ1) is 13.9. The van der Waals surface area contributed by atoms with Crippen molar-refractivity contribution in [3.05, 3.63) is 40.6 Å². The van der Waals surface area contributed by atoms with E-state index in [1.54, 1.807) is 24.1 Å². The molecule has 0 saturated carbocycles. The van der Waals surface area contributed by atoms with Crippen LogP contribution in [0.25, 0.3) is 0 Å². The Bertz CT molecular complexity index is 935. The zero-order valence-corrected chi connectivity index (χ0v) is 18.0. The van der Waals surface area contributed by atoms with Gasteiger partial charge in [0.2, 0.25) is 0 Å². The number of aromatic nitrogens is 2. The molecule has 8 heteroatoms. The van der Waals surface area contributed by atoms with Crippen LogP contribution in [-0.2, 0) is 48.0 Å². The molecule has 0 fully saturated rings. The van der Waals surface area contributed by atoms with Gasteiger partial charge < -0.3 is 10.1 Å². The summed E-state index contributed by atoms with van der Waals surface area (Å²) in [4.78, 5) is 12.6. The molecule has 0 spiro atoms. The number of rotatable bonds is 6. The van der Waals surface area contributed by atoms with Crippen molar-refractivity contribution in [3.63, 3.8) is 0 Å². The monoisotopic (exact) mass is 416 g/mol. The molecule has 156 valence electrons. The van der Waals surface area contributed by atoms with Gasteiger partial charge in [-0.05, 0) is 80.7 Å². The highest BCUT2D eigenvalue weighted by Crippen LogP contribution is 2.38. The molecule has 0 aliphatic heterocycles. The van der Waals surface area contributed by atoms with Crippen LogP contribution in [0.15, 0.2) is 23.4 Å². The Morgan fingerprint density at radius 2 is 1.86 bits per heavy atom. The van der Waals surface area contributed by atoms with Crippen LogP contribution < -0.4 is 10.0 Å². The maximum absolute atomic E-state index is 12.6. The first-order valence-corrected chi connectivity index (χ1v) is 11.3. The Kier molecular flexibility index (Phi) is 5.48. The number of hydrogen-bond acceptors (Lipinski definition) is 4. The Labute approximate surface area is 173 Å². The van der Waals surface area contributed by atoms with Crippen molar-refractivity contribution in [1.29, 1.82) is 0 Å². The van der Waals surface area contributed by atoms with Crippen molar-refractivity contribution in [3.8, 4) is 0 Å². The minimum absolute atomic E-state index is 0.315. The molecule has 0 radical (unpaired) electrons. The van der Waals surface area contributed by atoms with E-state index in [1.807, 2.05) is 13.8 Å². The molecule has 2 N–H and O–H groups in total. The zero-order valence-electron chi connectivity index (χ0n) is 17.2. The molecule has 4 rings (SSSR count). The van der Waals surface area contributed by atoms with E-state index in [0.29, 0.717) is 11.6 Å². The second kappa shape index (κ2) is 7.91. The molecule has 1 heterocycles. The summed E-state index contributed by atoms with van der Waals surface area (Å²) in [6.45, 7) is 4.43. The molecule has 2 amide bonds. The number of nitrogens with one attached hydrogen (secondary N) is 2. The molecule has 1 unspecified atom stereocenters. The summed E-state index contributed by atoms with van der Waals surface area (Å²) in [6, 6.07) is 3.52. The summed E-state index contributed by atoms with van der Waals surface area (Å²) < 4.78 is 22.2. The third-order valence-electron chi connectivity index (χ3n) is 5.80. The number of nitrogens with zero attached hydrogens (tertiary/aromatic N) is 2. The lowest BCUT2D eigenvalue weighted by Crippen LogP contribution is -2.32. The molecule has 7 nitrogen and oxygen atoms in total. The number of amides is 2. The van der Waals surface area contributed by atoms with Crippen molar-refractivity contribution < 1.29 is 13.7 Å². The number of urea groups is 1. The molecule has 2 aliphatic carbocycles. The van der Waals surface area contributed by atoms with Crippen LogP contribution in [0.5, 0.6) is 0 Å². The number of benzene rings is 1. The lowest BCUT2D eigenvalue weighted by molar-refractivity contribution is 0.00516. The van der Waals surface area contributed by atoms with E-state index < -0.39 is 17.0 Å². The molecule has 0 saturated heterocycles. The predicted octanol–water partition coefficient (Wildman–Crippen LogP) is 3.13. The molecular formula is C21H28N4O3S. The Hall–Kier alpha value is -2.19. The Morgan fingerprint density at radius 3 is 2.48 bits per heavy atom. The minimum Gasteiger partial charge on any atom is -0.377 e. The Morgan fingerprint density at radius 1 is 1.21 bits per heavy atom. The second-order valence-corrected chi connectivity index (χ2v) is 9.53.